The van der Waals surface area contributed by atoms with Gasteiger partial charge in [-0.2, -0.15) is 0 Å². The molecule has 3 amide bonds. The summed E-state index contributed by atoms with van der Waals surface area (Å²) >= 11 is 0. The van der Waals surface area contributed by atoms with E-state index in [9.17, 15) is 14.4 Å². The van der Waals surface area contributed by atoms with Crippen LogP contribution in [0.1, 0.15) is 18.4 Å². The average Bonchev–Trinajstić information content (AvgIpc) is 3.12. The van der Waals surface area contributed by atoms with Crippen molar-refractivity contribution >= 4 is 23.5 Å². The van der Waals surface area contributed by atoms with E-state index in [1.54, 1.807) is 36.4 Å². The van der Waals surface area contributed by atoms with Gasteiger partial charge < -0.3 is 19.4 Å². The number of nitrogens with zero attached hydrogens (tertiary/aromatic N) is 5. The molecule has 1 aromatic carbocycles. The molecule has 1 aromatic heterocycles. The number of rotatable bonds is 8. The molecular formula is C26H33N5O4. The number of likely N-dealkylation sites (N-methyl/N-ethyl adjacent to an activating group) is 1. The number of ether oxygens (including phenoxy) is 1. The second-order valence-electron chi connectivity index (χ2n) is 9.38. The molecule has 2 aliphatic heterocycles. The van der Waals surface area contributed by atoms with Gasteiger partial charge in [-0.05, 0) is 43.9 Å². The molecule has 0 aliphatic carbocycles. The van der Waals surface area contributed by atoms with Crippen LogP contribution in [0, 0.1) is 0 Å². The molecule has 2 aliphatic rings. The average molecular weight is 480 g/mol. The number of hydrogen-bond donors (Lipinski definition) is 0. The number of anilines is 1. The van der Waals surface area contributed by atoms with E-state index in [2.05, 4.69) is 9.88 Å². The molecule has 9 heteroatoms. The lowest BCUT2D eigenvalue weighted by atomic mass is 9.75. The number of carbonyl (C=O) groups excluding carboxylic acids is 3. The van der Waals surface area contributed by atoms with Gasteiger partial charge >= 0.3 is 0 Å². The minimum absolute atomic E-state index is 0.0218. The van der Waals surface area contributed by atoms with E-state index in [1.165, 1.54) is 4.90 Å². The Balaban J connectivity index is 1.55. The quantitative estimate of drug-likeness (QED) is 0.529. The molecule has 1 atom stereocenters. The Morgan fingerprint density at radius 3 is 2.51 bits per heavy atom. The van der Waals surface area contributed by atoms with Gasteiger partial charge in [-0.25, -0.2) is 4.98 Å². The third kappa shape index (κ3) is 5.14. The van der Waals surface area contributed by atoms with Gasteiger partial charge in [0.1, 0.15) is 11.6 Å². The van der Waals surface area contributed by atoms with Gasteiger partial charge in [0, 0.05) is 58.3 Å². The summed E-state index contributed by atoms with van der Waals surface area (Å²) in [6, 6.07) is 13.0. The maximum absolute atomic E-state index is 13.8. The molecule has 9 nitrogen and oxygen atoms in total. The van der Waals surface area contributed by atoms with Crippen molar-refractivity contribution in [3.63, 3.8) is 0 Å². The van der Waals surface area contributed by atoms with E-state index in [1.807, 2.05) is 43.3 Å². The first-order valence-corrected chi connectivity index (χ1v) is 11.9. The van der Waals surface area contributed by atoms with Gasteiger partial charge in [0.2, 0.25) is 17.7 Å². The van der Waals surface area contributed by atoms with E-state index in [-0.39, 0.29) is 30.6 Å². The molecule has 0 spiro atoms. The highest BCUT2D eigenvalue weighted by Crippen LogP contribution is 2.41. The normalized spacial score (nSPS) is 20.6. The van der Waals surface area contributed by atoms with Crippen molar-refractivity contribution in [1.29, 1.82) is 0 Å². The van der Waals surface area contributed by atoms with Crippen molar-refractivity contribution in [2.45, 2.75) is 18.3 Å². The van der Waals surface area contributed by atoms with Crippen LogP contribution in [-0.2, 0) is 19.8 Å². The summed E-state index contributed by atoms with van der Waals surface area (Å²) < 4.78 is 5.38. The van der Waals surface area contributed by atoms with Crippen molar-refractivity contribution in [3.8, 4) is 5.75 Å². The number of carbonyl (C=O) groups is 3. The molecule has 0 N–H and O–H groups in total. The van der Waals surface area contributed by atoms with E-state index < -0.39 is 5.41 Å². The zero-order chi connectivity index (χ0) is 25.0. The fourth-order valence-corrected chi connectivity index (χ4v) is 4.81. The van der Waals surface area contributed by atoms with Crippen LogP contribution in [0.15, 0.2) is 48.7 Å². The number of aromatic nitrogens is 1. The molecule has 35 heavy (non-hydrogen) atoms. The number of likely N-dealkylation sites (tertiary alicyclic amines) is 1. The lowest BCUT2D eigenvalue weighted by molar-refractivity contribution is -0.142. The second kappa shape index (κ2) is 10.4. The summed E-state index contributed by atoms with van der Waals surface area (Å²) in [5.41, 5.74) is -0.587. The van der Waals surface area contributed by atoms with Crippen LogP contribution in [0.3, 0.4) is 0 Å². The molecule has 0 radical (unpaired) electrons. The van der Waals surface area contributed by atoms with Gasteiger partial charge in [-0.3, -0.25) is 19.3 Å². The highest BCUT2D eigenvalue weighted by atomic mass is 16.5. The van der Waals surface area contributed by atoms with Crippen LogP contribution in [0.5, 0.6) is 5.75 Å². The van der Waals surface area contributed by atoms with Crippen LogP contribution in [0.2, 0.25) is 0 Å². The van der Waals surface area contributed by atoms with Crippen LogP contribution in [0.25, 0.3) is 0 Å². The van der Waals surface area contributed by atoms with Crippen molar-refractivity contribution < 1.29 is 19.1 Å². The Bertz CT molecular complexity index is 1070. The molecule has 186 valence electrons. The SMILES string of the molecule is COc1cccc([C@]2(CC(=O)N3CCN(c4ccccn4)CC3)CC(=O)N(CCN(C)C)C2=O)c1. The van der Waals surface area contributed by atoms with E-state index >= 15 is 0 Å². The maximum atomic E-state index is 13.8. The topological polar surface area (TPSA) is 86.3 Å². The number of methoxy groups -OCH3 is 1. The van der Waals surface area contributed by atoms with Crippen LogP contribution >= 0.6 is 0 Å². The molecule has 0 saturated carbocycles. The number of piperazine rings is 1. The summed E-state index contributed by atoms with van der Waals surface area (Å²) in [5.74, 6) is 0.806. The number of pyridine rings is 1. The van der Waals surface area contributed by atoms with Gasteiger partial charge in [-0.1, -0.05) is 18.2 Å². The number of imide groups is 1. The summed E-state index contributed by atoms with van der Waals surface area (Å²) in [6.45, 7) is 3.27. The van der Waals surface area contributed by atoms with Gasteiger partial charge in [0.15, 0.2) is 0 Å². The molecule has 0 unspecified atom stereocenters. The van der Waals surface area contributed by atoms with Crippen molar-refractivity contribution in [1.82, 2.24) is 19.7 Å². The van der Waals surface area contributed by atoms with Crippen LogP contribution < -0.4 is 9.64 Å². The zero-order valence-corrected chi connectivity index (χ0v) is 20.6. The lowest BCUT2D eigenvalue weighted by Gasteiger charge is -2.37. The number of hydrogen-bond acceptors (Lipinski definition) is 7. The minimum atomic E-state index is -1.23. The zero-order valence-electron chi connectivity index (χ0n) is 20.6. The van der Waals surface area contributed by atoms with E-state index in [0.717, 1.165) is 5.82 Å². The third-order valence-electron chi connectivity index (χ3n) is 6.86. The number of benzene rings is 1. The molecule has 4 rings (SSSR count). The largest absolute Gasteiger partial charge is 0.497 e. The predicted molar refractivity (Wildman–Crippen MR) is 132 cm³/mol. The summed E-state index contributed by atoms with van der Waals surface area (Å²) in [7, 11) is 5.35. The number of amides is 3. The first kappa shape index (κ1) is 24.7. The fraction of sp³-hybridized carbons (Fsp3) is 0.462. The summed E-state index contributed by atoms with van der Waals surface area (Å²) in [4.78, 5) is 51.9. The van der Waals surface area contributed by atoms with Crippen molar-refractivity contribution in [2.24, 2.45) is 0 Å². The highest BCUT2D eigenvalue weighted by molar-refractivity contribution is 6.10. The molecule has 2 fully saturated rings. The molecule has 0 bridgehead atoms. The van der Waals surface area contributed by atoms with Crippen LogP contribution in [-0.4, -0.2) is 97.9 Å². The molecule has 3 heterocycles. The van der Waals surface area contributed by atoms with Gasteiger partial charge in [-0.15, -0.1) is 0 Å². The third-order valence-corrected chi connectivity index (χ3v) is 6.86. The standard InChI is InChI=1S/C26H33N5O4/c1-28(2)11-16-31-24(33)19-26(25(31)34,20-7-6-8-21(17-20)35-3)18-23(32)30-14-12-29(13-15-30)22-9-4-5-10-27-22/h4-10,17H,11-16,18-19H2,1-3H3/t26-/m0/s1. The Morgan fingerprint density at radius 1 is 1.09 bits per heavy atom. The minimum Gasteiger partial charge on any atom is -0.497 e. The maximum Gasteiger partial charge on any atom is 0.240 e. The monoisotopic (exact) mass is 479 g/mol. The molecule has 2 saturated heterocycles. The van der Waals surface area contributed by atoms with E-state index in [0.29, 0.717) is 50.6 Å². The van der Waals surface area contributed by atoms with Gasteiger partial charge in [0.25, 0.3) is 0 Å². The Kier molecular flexibility index (Phi) is 7.35. The predicted octanol–water partition coefficient (Wildman–Crippen LogP) is 1.39. The Hall–Kier alpha value is -3.46. The molecule has 2 aromatic rings. The summed E-state index contributed by atoms with van der Waals surface area (Å²) in [5, 5.41) is 0. The summed E-state index contributed by atoms with van der Waals surface area (Å²) in [6.07, 6.45) is 1.69. The smallest absolute Gasteiger partial charge is 0.240 e. The van der Waals surface area contributed by atoms with Crippen molar-refractivity contribution in [3.05, 3.63) is 54.2 Å². The lowest BCUT2D eigenvalue weighted by Crippen LogP contribution is -2.51. The molecular weight excluding hydrogens is 446 g/mol. The van der Waals surface area contributed by atoms with Crippen molar-refractivity contribution in [2.75, 3.05) is 65.4 Å². The Morgan fingerprint density at radius 2 is 1.86 bits per heavy atom. The second-order valence-corrected chi connectivity index (χ2v) is 9.38. The first-order chi connectivity index (χ1) is 16.8. The van der Waals surface area contributed by atoms with Gasteiger partial charge in [0.05, 0.1) is 12.5 Å². The highest BCUT2D eigenvalue weighted by Gasteiger charge is 2.54. The Labute approximate surface area is 206 Å². The first-order valence-electron chi connectivity index (χ1n) is 11.9. The van der Waals surface area contributed by atoms with Crippen LogP contribution in [0.4, 0.5) is 5.82 Å². The van der Waals surface area contributed by atoms with E-state index in [4.69, 9.17) is 4.74 Å². The fourth-order valence-electron chi connectivity index (χ4n) is 4.81.